The highest BCUT2D eigenvalue weighted by atomic mass is 16.6. The number of hydrogen-bond donors (Lipinski definition) is 0. The minimum atomic E-state index is 0.569. The van der Waals surface area contributed by atoms with Crippen molar-refractivity contribution >= 4 is 0 Å². The van der Waals surface area contributed by atoms with Gasteiger partial charge in [0.05, 0.1) is 12.7 Å². The van der Waals surface area contributed by atoms with Crippen LogP contribution >= 0.6 is 0 Å². The first-order valence-electron chi connectivity index (χ1n) is 3.77. The molecule has 0 aliphatic carbocycles. The molecule has 9 heavy (non-hydrogen) atoms. The van der Waals surface area contributed by atoms with Gasteiger partial charge in [0.25, 0.3) is 0 Å². The highest BCUT2D eigenvalue weighted by molar-refractivity contribution is 4.74. The van der Waals surface area contributed by atoms with Crippen LogP contribution in [0.2, 0.25) is 0 Å². The molecule has 1 aliphatic heterocycles. The van der Waals surface area contributed by atoms with Gasteiger partial charge in [0.15, 0.2) is 0 Å². The largest absolute Gasteiger partial charge is 0.373 e. The predicted octanol–water partition coefficient (Wildman–Crippen LogP) is 2.03. The Bertz CT molecular complexity index is 76.6. The van der Waals surface area contributed by atoms with Gasteiger partial charge in [0, 0.05) is 0 Å². The lowest BCUT2D eigenvalue weighted by molar-refractivity contribution is 0.365. The van der Waals surface area contributed by atoms with Crippen LogP contribution in [-0.2, 0) is 4.74 Å². The van der Waals surface area contributed by atoms with Crippen molar-refractivity contribution in [3.8, 4) is 0 Å². The van der Waals surface area contributed by atoms with E-state index in [-0.39, 0.29) is 0 Å². The molecule has 2 unspecified atom stereocenters. The summed E-state index contributed by atoms with van der Waals surface area (Å²) >= 11 is 0. The maximum atomic E-state index is 5.09. The summed E-state index contributed by atoms with van der Waals surface area (Å²) in [6.07, 6.45) is 4.24. The van der Waals surface area contributed by atoms with Crippen LogP contribution in [0, 0.1) is 12.8 Å². The van der Waals surface area contributed by atoms with Gasteiger partial charge in [-0.25, -0.2) is 0 Å². The van der Waals surface area contributed by atoms with E-state index in [0.29, 0.717) is 12.0 Å². The molecule has 1 radical (unpaired) electrons. The van der Waals surface area contributed by atoms with Gasteiger partial charge in [0.1, 0.15) is 0 Å². The molecule has 53 valence electrons. The molecule has 1 rings (SSSR count). The van der Waals surface area contributed by atoms with E-state index >= 15 is 0 Å². The van der Waals surface area contributed by atoms with Crippen molar-refractivity contribution < 1.29 is 4.74 Å². The van der Waals surface area contributed by atoms with Gasteiger partial charge < -0.3 is 4.74 Å². The van der Waals surface area contributed by atoms with Gasteiger partial charge in [-0.05, 0) is 12.3 Å². The molecule has 0 amide bonds. The van der Waals surface area contributed by atoms with Crippen LogP contribution < -0.4 is 0 Å². The predicted molar refractivity (Wildman–Crippen MR) is 38.1 cm³/mol. The van der Waals surface area contributed by atoms with E-state index in [4.69, 9.17) is 4.74 Å². The molecular weight excluding hydrogens is 112 g/mol. The average molecular weight is 127 g/mol. The zero-order chi connectivity index (χ0) is 6.69. The number of hydrogen-bond acceptors (Lipinski definition) is 1. The van der Waals surface area contributed by atoms with Gasteiger partial charge in [0.2, 0.25) is 0 Å². The summed E-state index contributed by atoms with van der Waals surface area (Å²) in [4.78, 5) is 0. The first kappa shape index (κ1) is 7.07. The van der Waals surface area contributed by atoms with Crippen LogP contribution in [-0.4, -0.2) is 12.7 Å². The van der Waals surface area contributed by atoms with Gasteiger partial charge in [-0.15, -0.1) is 0 Å². The molecule has 1 nitrogen and oxygen atoms in total. The summed E-state index contributed by atoms with van der Waals surface area (Å²) in [6.45, 7) is 7.21. The molecule has 0 saturated carbocycles. The maximum absolute atomic E-state index is 5.09. The molecule has 0 N–H and O–H groups in total. The molecule has 1 fully saturated rings. The van der Waals surface area contributed by atoms with Crippen LogP contribution in [0.4, 0.5) is 0 Å². The molecule has 2 atom stereocenters. The highest BCUT2D eigenvalue weighted by Crippen LogP contribution is 2.21. The quantitative estimate of drug-likeness (QED) is 0.526. The first-order chi connectivity index (χ1) is 4.33. The van der Waals surface area contributed by atoms with Gasteiger partial charge >= 0.3 is 0 Å². The number of epoxide rings is 1. The average Bonchev–Trinajstić information content (AvgIpc) is 2.50. The Morgan fingerprint density at radius 3 is 2.89 bits per heavy atom. The van der Waals surface area contributed by atoms with Crippen molar-refractivity contribution in [3.63, 3.8) is 0 Å². The van der Waals surface area contributed by atoms with Gasteiger partial charge in [-0.3, -0.25) is 0 Å². The van der Waals surface area contributed by atoms with Crippen LogP contribution in [0.15, 0.2) is 0 Å². The lowest BCUT2D eigenvalue weighted by atomic mass is 10.0. The van der Waals surface area contributed by atoms with Crippen LogP contribution in [0.25, 0.3) is 0 Å². The van der Waals surface area contributed by atoms with Crippen molar-refractivity contribution in [2.75, 3.05) is 6.61 Å². The molecule has 1 aliphatic rings. The Morgan fingerprint density at radius 2 is 2.44 bits per heavy atom. The highest BCUT2D eigenvalue weighted by Gasteiger charge is 2.23. The third-order valence-electron chi connectivity index (χ3n) is 1.70. The molecule has 0 bridgehead atoms. The summed E-state index contributed by atoms with van der Waals surface area (Å²) in [5, 5.41) is 0. The SMILES string of the molecule is [CH2]C(CCC)CC1CO1. The molecule has 0 aromatic carbocycles. The van der Waals surface area contributed by atoms with Crippen LogP contribution in [0.3, 0.4) is 0 Å². The van der Waals surface area contributed by atoms with Gasteiger partial charge in [-0.2, -0.15) is 0 Å². The Morgan fingerprint density at radius 1 is 1.78 bits per heavy atom. The lowest BCUT2D eigenvalue weighted by Crippen LogP contribution is -1.98. The van der Waals surface area contributed by atoms with Crippen LogP contribution in [0.5, 0.6) is 0 Å². The fraction of sp³-hybridized carbons (Fsp3) is 0.875. The summed E-state index contributed by atoms with van der Waals surface area (Å²) in [7, 11) is 0. The second-order valence-electron chi connectivity index (χ2n) is 2.85. The Kier molecular flexibility index (Phi) is 2.52. The number of ether oxygens (including phenoxy) is 1. The first-order valence-corrected chi connectivity index (χ1v) is 3.77. The van der Waals surface area contributed by atoms with Crippen molar-refractivity contribution in [1.29, 1.82) is 0 Å². The van der Waals surface area contributed by atoms with Gasteiger partial charge in [-0.1, -0.05) is 26.7 Å². The fourth-order valence-corrected chi connectivity index (χ4v) is 1.10. The van der Waals surface area contributed by atoms with E-state index in [2.05, 4.69) is 13.8 Å². The van der Waals surface area contributed by atoms with Crippen molar-refractivity contribution in [2.45, 2.75) is 32.3 Å². The second kappa shape index (κ2) is 3.21. The minimum absolute atomic E-state index is 0.569. The third-order valence-corrected chi connectivity index (χ3v) is 1.70. The Hall–Kier alpha value is -0.0400. The van der Waals surface area contributed by atoms with Crippen molar-refractivity contribution in [3.05, 3.63) is 6.92 Å². The van der Waals surface area contributed by atoms with E-state index in [1.54, 1.807) is 0 Å². The smallest absolute Gasteiger partial charge is 0.0812 e. The van der Waals surface area contributed by atoms with E-state index < -0.39 is 0 Å². The van der Waals surface area contributed by atoms with Crippen LogP contribution in [0.1, 0.15) is 26.2 Å². The molecule has 1 heteroatoms. The van der Waals surface area contributed by atoms with E-state index in [0.717, 1.165) is 6.61 Å². The molecule has 0 aromatic rings. The van der Waals surface area contributed by atoms with Crippen molar-refractivity contribution in [1.82, 2.24) is 0 Å². The van der Waals surface area contributed by atoms with E-state index in [1.165, 1.54) is 19.3 Å². The Balaban J connectivity index is 1.95. The molecule has 0 spiro atoms. The molecule has 1 saturated heterocycles. The van der Waals surface area contributed by atoms with Crippen molar-refractivity contribution in [2.24, 2.45) is 5.92 Å². The molecule has 1 heterocycles. The normalized spacial score (nSPS) is 28.0. The topological polar surface area (TPSA) is 12.5 Å². The lowest BCUT2D eigenvalue weighted by Gasteiger charge is -2.05. The fourth-order valence-electron chi connectivity index (χ4n) is 1.10. The molecular formula is C8H15O. The standard InChI is InChI=1S/C8H15O/c1-3-4-7(2)5-8-6-9-8/h7-8H,2-6H2,1H3. The minimum Gasteiger partial charge on any atom is -0.373 e. The van der Waals surface area contributed by atoms with E-state index in [1.807, 2.05) is 0 Å². The summed E-state index contributed by atoms with van der Waals surface area (Å²) in [5.74, 6) is 0.627. The Labute approximate surface area is 57.4 Å². The second-order valence-corrected chi connectivity index (χ2v) is 2.85. The summed E-state index contributed by atoms with van der Waals surface area (Å²) < 4.78 is 5.09. The maximum Gasteiger partial charge on any atom is 0.0812 e. The summed E-state index contributed by atoms with van der Waals surface area (Å²) in [5.41, 5.74) is 0. The monoisotopic (exact) mass is 127 g/mol. The van der Waals surface area contributed by atoms with E-state index in [9.17, 15) is 0 Å². The summed E-state index contributed by atoms with van der Waals surface area (Å²) in [6, 6.07) is 0. The number of rotatable bonds is 4. The zero-order valence-corrected chi connectivity index (χ0v) is 6.10. The zero-order valence-electron chi connectivity index (χ0n) is 6.10. The molecule has 0 aromatic heterocycles. The third kappa shape index (κ3) is 2.85.